The summed E-state index contributed by atoms with van der Waals surface area (Å²) in [5.74, 6) is -0.911. The summed E-state index contributed by atoms with van der Waals surface area (Å²) in [6.45, 7) is 5.76. The van der Waals surface area contributed by atoms with E-state index in [2.05, 4.69) is 0 Å². The molecule has 0 bridgehead atoms. The summed E-state index contributed by atoms with van der Waals surface area (Å²) >= 11 is 0. The fourth-order valence-electron chi connectivity index (χ4n) is 2.60. The Morgan fingerprint density at radius 3 is 2.55 bits per heavy atom. The maximum absolute atomic E-state index is 12.6. The van der Waals surface area contributed by atoms with Crippen LogP contribution >= 0.6 is 0 Å². The van der Waals surface area contributed by atoms with E-state index in [1.165, 1.54) is 4.90 Å². The quantitative estimate of drug-likeness (QED) is 0.906. The summed E-state index contributed by atoms with van der Waals surface area (Å²) in [7, 11) is 0. The largest absolute Gasteiger partial charge is 0.447 e. The lowest BCUT2D eigenvalue weighted by Crippen LogP contribution is -2.47. The zero-order chi connectivity index (χ0) is 16.3. The Kier molecular flexibility index (Phi) is 5.19. The minimum atomic E-state index is -0.837. The molecule has 1 aliphatic heterocycles. The second-order valence-electron chi connectivity index (χ2n) is 6.14. The first kappa shape index (κ1) is 16.5. The lowest BCUT2D eigenvalue weighted by molar-refractivity contribution is -0.136. The second kappa shape index (κ2) is 6.92. The van der Waals surface area contributed by atoms with E-state index < -0.39 is 18.1 Å². The maximum Gasteiger partial charge on any atom is 0.416 e. The Hall–Kier alpha value is -1.88. The Balaban J connectivity index is 2.06. The molecule has 1 aliphatic rings. The monoisotopic (exact) mass is 305 g/mol. The molecule has 0 spiro atoms. The smallest absolute Gasteiger partial charge is 0.416 e. The maximum atomic E-state index is 12.6. The molecule has 1 heterocycles. The van der Waals surface area contributed by atoms with Gasteiger partial charge in [0, 0.05) is 0 Å². The first-order chi connectivity index (χ1) is 10.4. The van der Waals surface area contributed by atoms with E-state index in [-0.39, 0.29) is 24.5 Å². The summed E-state index contributed by atoms with van der Waals surface area (Å²) < 4.78 is 4.99. The van der Waals surface area contributed by atoms with Crippen molar-refractivity contribution in [3.8, 4) is 0 Å². The molecule has 3 atom stereocenters. The molecule has 5 nitrogen and oxygen atoms in total. The molecule has 5 heteroatoms. The molecule has 1 aromatic carbocycles. The number of cyclic esters (lactones) is 1. The molecule has 0 aromatic heterocycles. The van der Waals surface area contributed by atoms with Gasteiger partial charge in [-0.3, -0.25) is 4.79 Å². The zero-order valence-corrected chi connectivity index (χ0v) is 13.2. The molecule has 120 valence electrons. The lowest BCUT2D eigenvalue weighted by Gasteiger charge is -2.27. The molecule has 22 heavy (non-hydrogen) atoms. The third-order valence-corrected chi connectivity index (χ3v) is 4.17. The number of benzene rings is 1. The molecule has 0 radical (unpaired) electrons. The molecule has 0 aliphatic carbocycles. The van der Waals surface area contributed by atoms with Gasteiger partial charge in [-0.1, -0.05) is 51.1 Å². The number of hydrogen-bond acceptors (Lipinski definition) is 4. The molecular weight excluding hydrogens is 282 g/mol. The van der Waals surface area contributed by atoms with Gasteiger partial charge in [-0.15, -0.1) is 0 Å². The molecule has 0 saturated carbocycles. The highest BCUT2D eigenvalue weighted by Gasteiger charge is 2.42. The highest BCUT2D eigenvalue weighted by atomic mass is 16.6. The van der Waals surface area contributed by atoms with Crippen molar-refractivity contribution in [2.45, 2.75) is 39.3 Å². The van der Waals surface area contributed by atoms with Crippen LogP contribution in [-0.4, -0.2) is 40.8 Å². The minimum absolute atomic E-state index is 0.119. The van der Waals surface area contributed by atoms with Crippen LogP contribution in [0.25, 0.3) is 0 Å². The van der Waals surface area contributed by atoms with E-state index in [9.17, 15) is 14.7 Å². The van der Waals surface area contributed by atoms with Crippen LogP contribution in [0, 0.1) is 11.8 Å². The van der Waals surface area contributed by atoms with E-state index in [1.54, 1.807) is 6.92 Å². The Morgan fingerprint density at radius 2 is 1.95 bits per heavy atom. The molecule has 2 rings (SSSR count). The van der Waals surface area contributed by atoms with Crippen LogP contribution in [0.15, 0.2) is 30.3 Å². The summed E-state index contributed by atoms with van der Waals surface area (Å²) in [5, 5.41) is 10.3. The van der Waals surface area contributed by atoms with Crippen molar-refractivity contribution in [2.75, 3.05) is 6.61 Å². The predicted molar refractivity (Wildman–Crippen MR) is 82.1 cm³/mol. The number of imide groups is 1. The van der Waals surface area contributed by atoms with E-state index in [1.807, 2.05) is 44.2 Å². The molecule has 1 saturated heterocycles. The third kappa shape index (κ3) is 3.47. The van der Waals surface area contributed by atoms with Gasteiger partial charge in [-0.05, 0) is 17.9 Å². The number of aliphatic hydroxyl groups is 1. The number of carbonyl (C=O) groups is 2. The topological polar surface area (TPSA) is 66.8 Å². The van der Waals surface area contributed by atoms with Crippen molar-refractivity contribution >= 4 is 12.0 Å². The van der Waals surface area contributed by atoms with E-state index in [0.717, 1.165) is 5.56 Å². The summed E-state index contributed by atoms with van der Waals surface area (Å²) in [6, 6.07) is 9.23. The van der Waals surface area contributed by atoms with Gasteiger partial charge in [0.2, 0.25) is 5.91 Å². The van der Waals surface area contributed by atoms with Gasteiger partial charge in [0.15, 0.2) is 0 Å². The number of amides is 2. The average molecular weight is 305 g/mol. The van der Waals surface area contributed by atoms with Gasteiger partial charge in [0.25, 0.3) is 0 Å². The molecule has 2 amide bonds. The summed E-state index contributed by atoms with van der Waals surface area (Å²) in [6.07, 6.45) is -1.07. The number of aliphatic hydroxyl groups excluding tert-OH is 1. The highest BCUT2D eigenvalue weighted by Crippen LogP contribution is 2.23. The normalized spacial score (nSPS) is 20.9. The number of carbonyl (C=O) groups excluding carboxylic acids is 2. The van der Waals surface area contributed by atoms with Crippen LogP contribution in [0.1, 0.15) is 26.3 Å². The molecule has 0 unspecified atom stereocenters. The Labute approximate surface area is 130 Å². The van der Waals surface area contributed by atoms with Crippen molar-refractivity contribution in [3.05, 3.63) is 35.9 Å². The zero-order valence-electron chi connectivity index (χ0n) is 13.2. The third-order valence-electron chi connectivity index (χ3n) is 4.17. The summed E-state index contributed by atoms with van der Waals surface area (Å²) in [5.41, 5.74) is 0.957. The standard InChI is InChI=1S/C17H23NO4/c1-11(2)14-10-22-17(21)18(14)16(20)12(3)15(19)9-13-7-5-4-6-8-13/h4-8,11-12,14-15,19H,9-10H2,1-3H3/t12-,14-,15+/m1/s1. The number of hydrogen-bond donors (Lipinski definition) is 1. The second-order valence-corrected chi connectivity index (χ2v) is 6.14. The van der Waals surface area contributed by atoms with Gasteiger partial charge in [0.05, 0.1) is 18.1 Å². The van der Waals surface area contributed by atoms with Gasteiger partial charge in [0.1, 0.15) is 6.61 Å². The van der Waals surface area contributed by atoms with E-state index in [4.69, 9.17) is 4.74 Å². The van der Waals surface area contributed by atoms with Gasteiger partial charge in [-0.2, -0.15) is 0 Å². The number of ether oxygens (including phenoxy) is 1. The van der Waals surface area contributed by atoms with Gasteiger partial charge >= 0.3 is 6.09 Å². The highest BCUT2D eigenvalue weighted by molar-refractivity contribution is 5.94. The van der Waals surface area contributed by atoms with Gasteiger partial charge in [-0.25, -0.2) is 9.69 Å². The molecular formula is C17H23NO4. The lowest BCUT2D eigenvalue weighted by atomic mass is 9.95. The van der Waals surface area contributed by atoms with Crippen LogP contribution in [0.3, 0.4) is 0 Å². The van der Waals surface area contributed by atoms with Crippen molar-refractivity contribution in [1.82, 2.24) is 4.90 Å². The van der Waals surface area contributed by atoms with Crippen molar-refractivity contribution in [3.63, 3.8) is 0 Å². The van der Waals surface area contributed by atoms with Crippen LogP contribution in [-0.2, 0) is 16.0 Å². The predicted octanol–water partition coefficient (Wildman–Crippen LogP) is 2.23. The average Bonchev–Trinajstić information content (AvgIpc) is 2.88. The summed E-state index contributed by atoms with van der Waals surface area (Å²) in [4.78, 5) is 25.6. The Morgan fingerprint density at radius 1 is 1.32 bits per heavy atom. The van der Waals surface area contributed by atoms with Crippen LogP contribution in [0.4, 0.5) is 4.79 Å². The van der Waals surface area contributed by atoms with E-state index in [0.29, 0.717) is 6.42 Å². The Bertz CT molecular complexity index is 529. The number of nitrogens with zero attached hydrogens (tertiary/aromatic N) is 1. The van der Waals surface area contributed by atoms with E-state index >= 15 is 0 Å². The van der Waals surface area contributed by atoms with Crippen molar-refractivity contribution < 1.29 is 19.4 Å². The van der Waals surface area contributed by atoms with Crippen molar-refractivity contribution in [2.24, 2.45) is 11.8 Å². The van der Waals surface area contributed by atoms with Crippen molar-refractivity contribution in [1.29, 1.82) is 0 Å². The number of rotatable bonds is 5. The molecule has 1 fully saturated rings. The first-order valence-electron chi connectivity index (χ1n) is 7.63. The first-order valence-corrected chi connectivity index (χ1v) is 7.63. The fraction of sp³-hybridized carbons (Fsp3) is 0.529. The SMILES string of the molecule is CC(C)[C@H]1COC(=O)N1C(=O)[C@H](C)[C@@H](O)Cc1ccccc1. The molecule has 1 N–H and O–H groups in total. The molecule has 1 aromatic rings. The minimum Gasteiger partial charge on any atom is -0.447 e. The fourth-order valence-corrected chi connectivity index (χ4v) is 2.60. The van der Waals surface area contributed by atoms with Crippen LogP contribution in [0.2, 0.25) is 0 Å². The van der Waals surface area contributed by atoms with Crippen LogP contribution < -0.4 is 0 Å². The van der Waals surface area contributed by atoms with Gasteiger partial charge < -0.3 is 9.84 Å². The van der Waals surface area contributed by atoms with Crippen LogP contribution in [0.5, 0.6) is 0 Å².